The van der Waals surface area contributed by atoms with E-state index in [2.05, 4.69) is 11.1 Å². The smallest absolute Gasteiger partial charge is 0.410 e. The average molecular weight is 439 g/mol. The normalized spacial score (nSPS) is 18.4. The Morgan fingerprint density at radius 3 is 2.66 bits per heavy atom. The van der Waals surface area contributed by atoms with Crippen molar-refractivity contribution >= 4 is 17.1 Å². The Morgan fingerprint density at radius 1 is 1.31 bits per heavy atom. The van der Waals surface area contributed by atoms with Gasteiger partial charge in [-0.3, -0.25) is 0 Å². The Hall–Kier alpha value is -2.68. The summed E-state index contributed by atoms with van der Waals surface area (Å²) >= 11 is 0. The summed E-state index contributed by atoms with van der Waals surface area (Å²) in [5.41, 5.74) is 2.23. The standard InChI is InChI=1S/C26H34N2O4/c1-6-26(13-14-26)17-30-22-10-8-20-21(27-32-23(20)18(22)2)9-7-19-11-15-28(16-12-19)24(29)31-25(3,4)5/h1,8,10,19H,7,9,11-17H2,2-5H3. The number of rotatable bonds is 6. The molecule has 2 aromatic rings. The Kier molecular flexibility index (Phi) is 6.11. The molecule has 1 aliphatic carbocycles. The molecular weight excluding hydrogens is 404 g/mol. The molecule has 0 spiro atoms. The van der Waals surface area contributed by atoms with Crippen LogP contribution in [0.25, 0.3) is 11.0 Å². The van der Waals surface area contributed by atoms with Crippen LogP contribution in [0.1, 0.15) is 64.1 Å². The third-order valence-corrected chi connectivity index (χ3v) is 6.63. The highest BCUT2D eigenvalue weighted by atomic mass is 16.6. The van der Waals surface area contributed by atoms with Crippen LogP contribution in [0.2, 0.25) is 0 Å². The van der Waals surface area contributed by atoms with E-state index in [0.29, 0.717) is 12.5 Å². The molecule has 0 bridgehead atoms. The average Bonchev–Trinajstić information content (AvgIpc) is 3.42. The molecule has 0 atom stereocenters. The number of piperidine rings is 1. The maximum Gasteiger partial charge on any atom is 0.410 e. The molecule has 0 N–H and O–H groups in total. The van der Waals surface area contributed by atoms with Crippen LogP contribution in [0, 0.1) is 30.6 Å². The van der Waals surface area contributed by atoms with Gasteiger partial charge in [-0.05, 0) is 84.3 Å². The van der Waals surface area contributed by atoms with Crippen LogP contribution < -0.4 is 4.74 Å². The number of hydrogen-bond donors (Lipinski definition) is 0. The summed E-state index contributed by atoms with van der Waals surface area (Å²) in [5, 5.41) is 5.41. The number of carbonyl (C=O) groups is 1. The van der Waals surface area contributed by atoms with Gasteiger partial charge < -0.3 is 18.9 Å². The summed E-state index contributed by atoms with van der Waals surface area (Å²) in [6, 6.07) is 4.05. The van der Waals surface area contributed by atoms with E-state index in [0.717, 1.165) is 79.6 Å². The van der Waals surface area contributed by atoms with Gasteiger partial charge in [-0.1, -0.05) is 11.1 Å². The lowest BCUT2D eigenvalue weighted by Crippen LogP contribution is -2.41. The monoisotopic (exact) mass is 438 g/mol. The van der Waals surface area contributed by atoms with Gasteiger partial charge in [-0.15, -0.1) is 6.42 Å². The van der Waals surface area contributed by atoms with Gasteiger partial charge in [-0.2, -0.15) is 0 Å². The molecule has 1 aromatic heterocycles. The number of terminal acetylenes is 1. The molecule has 6 nitrogen and oxygen atoms in total. The Bertz CT molecular complexity index is 1010. The molecule has 2 heterocycles. The van der Waals surface area contributed by atoms with Crippen molar-refractivity contribution < 1.29 is 18.8 Å². The number of benzene rings is 1. The first-order valence-corrected chi connectivity index (χ1v) is 11.7. The predicted molar refractivity (Wildman–Crippen MR) is 124 cm³/mol. The van der Waals surface area contributed by atoms with Crippen LogP contribution in [0.5, 0.6) is 5.75 Å². The zero-order valence-corrected chi connectivity index (χ0v) is 19.7. The van der Waals surface area contributed by atoms with Gasteiger partial charge in [0.05, 0.1) is 11.1 Å². The van der Waals surface area contributed by atoms with Crippen molar-refractivity contribution in [1.82, 2.24) is 10.1 Å². The first kappa shape index (κ1) is 22.5. The van der Waals surface area contributed by atoms with Gasteiger partial charge in [0.2, 0.25) is 0 Å². The van der Waals surface area contributed by atoms with Crippen molar-refractivity contribution in [2.45, 2.75) is 71.8 Å². The fourth-order valence-corrected chi connectivity index (χ4v) is 4.27. The minimum Gasteiger partial charge on any atom is -0.492 e. The SMILES string of the molecule is C#CC1(COc2ccc3c(CCC4CCN(C(=O)OC(C)(C)C)CC4)noc3c2C)CC1. The summed E-state index contributed by atoms with van der Waals surface area (Å²) in [4.78, 5) is 14.1. The third kappa shape index (κ3) is 5.03. The first-order valence-electron chi connectivity index (χ1n) is 11.7. The highest BCUT2D eigenvalue weighted by Crippen LogP contribution is 2.45. The number of hydrogen-bond acceptors (Lipinski definition) is 5. The second-order valence-corrected chi connectivity index (χ2v) is 10.4. The summed E-state index contributed by atoms with van der Waals surface area (Å²) in [6.45, 7) is 9.76. The summed E-state index contributed by atoms with van der Waals surface area (Å²) in [7, 11) is 0. The molecule has 1 aromatic carbocycles. The highest BCUT2D eigenvalue weighted by molar-refractivity contribution is 5.84. The van der Waals surface area contributed by atoms with Crippen LogP contribution in [0.15, 0.2) is 16.7 Å². The van der Waals surface area contributed by atoms with Gasteiger partial charge in [0, 0.05) is 24.0 Å². The van der Waals surface area contributed by atoms with E-state index in [4.69, 9.17) is 20.4 Å². The van der Waals surface area contributed by atoms with E-state index in [1.54, 1.807) is 0 Å². The second kappa shape index (κ2) is 8.69. The van der Waals surface area contributed by atoms with Crippen LogP contribution >= 0.6 is 0 Å². The molecule has 1 saturated heterocycles. The number of likely N-dealkylation sites (tertiary alicyclic amines) is 1. The Balaban J connectivity index is 1.31. The molecule has 2 fully saturated rings. The van der Waals surface area contributed by atoms with E-state index in [1.807, 2.05) is 44.7 Å². The van der Waals surface area contributed by atoms with E-state index < -0.39 is 5.60 Å². The van der Waals surface area contributed by atoms with Gasteiger partial charge >= 0.3 is 6.09 Å². The van der Waals surface area contributed by atoms with E-state index >= 15 is 0 Å². The summed E-state index contributed by atoms with van der Waals surface area (Å²) in [6.07, 6.45) is 11.4. The minimum absolute atomic E-state index is 0.0764. The predicted octanol–water partition coefficient (Wildman–Crippen LogP) is 5.51. The van der Waals surface area contributed by atoms with Gasteiger partial charge in [0.15, 0.2) is 5.58 Å². The summed E-state index contributed by atoms with van der Waals surface area (Å²) < 4.78 is 17.2. The number of ether oxygens (including phenoxy) is 2. The Labute approximate surface area is 190 Å². The second-order valence-electron chi connectivity index (χ2n) is 10.4. The van der Waals surface area contributed by atoms with Crippen LogP contribution in [0.4, 0.5) is 4.79 Å². The topological polar surface area (TPSA) is 64.8 Å². The highest BCUT2D eigenvalue weighted by Gasteiger charge is 2.42. The number of fused-ring (bicyclic) bond motifs is 1. The van der Waals surface area contributed by atoms with Crippen molar-refractivity contribution in [2.24, 2.45) is 11.3 Å². The molecule has 1 saturated carbocycles. The van der Waals surface area contributed by atoms with Crippen molar-refractivity contribution in [3.8, 4) is 18.1 Å². The fourth-order valence-electron chi connectivity index (χ4n) is 4.27. The molecule has 2 aliphatic rings. The fraction of sp³-hybridized carbons (Fsp3) is 0.615. The van der Waals surface area contributed by atoms with Crippen LogP contribution in [-0.2, 0) is 11.2 Å². The maximum absolute atomic E-state index is 12.3. The van der Waals surface area contributed by atoms with Crippen molar-refractivity contribution in [3.05, 3.63) is 23.4 Å². The van der Waals surface area contributed by atoms with Crippen LogP contribution in [-0.4, -0.2) is 41.4 Å². The van der Waals surface area contributed by atoms with E-state index in [9.17, 15) is 4.79 Å². The van der Waals surface area contributed by atoms with E-state index in [-0.39, 0.29) is 11.5 Å². The lowest BCUT2D eigenvalue weighted by molar-refractivity contribution is 0.0181. The number of amides is 1. The zero-order valence-electron chi connectivity index (χ0n) is 19.7. The van der Waals surface area contributed by atoms with Crippen LogP contribution in [0.3, 0.4) is 0 Å². The lowest BCUT2D eigenvalue weighted by Gasteiger charge is -2.33. The zero-order chi connectivity index (χ0) is 22.9. The number of carbonyl (C=O) groups excluding carboxylic acids is 1. The quantitative estimate of drug-likeness (QED) is 0.557. The molecule has 1 amide bonds. The van der Waals surface area contributed by atoms with Gasteiger partial charge in [0.25, 0.3) is 0 Å². The number of nitrogens with zero attached hydrogens (tertiary/aromatic N) is 2. The number of aromatic nitrogens is 1. The molecular formula is C26H34N2O4. The molecule has 6 heteroatoms. The van der Waals surface area contributed by atoms with Gasteiger partial charge in [-0.25, -0.2) is 4.79 Å². The third-order valence-electron chi connectivity index (χ3n) is 6.63. The largest absolute Gasteiger partial charge is 0.492 e. The van der Waals surface area contributed by atoms with Crippen molar-refractivity contribution in [2.75, 3.05) is 19.7 Å². The van der Waals surface area contributed by atoms with Gasteiger partial charge in [0.1, 0.15) is 18.0 Å². The maximum atomic E-state index is 12.3. The molecule has 1 aliphatic heterocycles. The molecule has 0 unspecified atom stereocenters. The Morgan fingerprint density at radius 2 is 2.03 bits per heavy atom. The molecule has 172 valence electrons. The number of aryl methyl sites for hydroxylation is 2. The first-order chi connectivity index (χ1) is 15.2. The van der Waals surface area contributed by atoms with E-state index in [1.165, 1.54) is 0 Å². The minimum atomic E-state index is -0.453. The summed E-state index contributed by atoms with van der Waals surface area (Å²) in [5.74, 6) is 4.25. The molecule has 0 radical (unpaired) electrons. The lowest BCUT2D eigenvalue weighted by atomic mass is 9.91. The van der Waals surface area contributed by atoms with Crippen molar-refractivity contribution in [3.63, 3.8) is 0 Å². The van der Waals surface area contributed by atoms with Crippen molar-refractivity contribution in [1.29, 1.82) is 0 Å². The molecule has 4 rings (SSSR count). The molecule has 32 heavy (non-hydrogen) atoms.